The summed E-state index contributed by atoms with van der Waals surface area (Å²) in [5.74, 6) is 0. The summed E-state index contributed by atoms with van der Waals surface area (Å²) in [5.41, 5.74) is 0. The standard InChI is InChI=1S/CH2O3.H3N.H2O.Zn/c2-1(3)4;;;/h(H2,2,3,4);1H3;1H2;. The van der Waals surface area contributed by atoms with Crippen LogP contribution >= 0.6 is 0 Å². The minimum absolute atomic E-state index is 0. The zero-order valence-electron chi connectivity index (χ0n) is 3.96. The van der Waals surface area contributed by atoms with Crippen molar-refractivity contribution in [2.45, 2.75) is 0 Å². The Morgan fingerprint density at radius 2 is 1.29 bits per heavy atom. The van der Waals surface area contributed by atoms with E-state index in [4.69, 9.17) is 15.0 Å². The number of quaternary nitrogens is 1. The van der Waals surface area contributed by atoms with Crippen LogP contribution in [0.4, 0.5) is 4.79 Å². The summed E-state index contributed by atoms with van der Waals surface area (Å²) in [6, 6.07) is 0. The predicted octanol–water partition coefficient (Wildman–Crippen LogP) is 0.419. The maximum atomic E-state index is 8.56. The molecule has 6 heteroatoms. The molecule has 0 unspecified atom stereocenters. The molecule has 0 spiro atoms. The van der Waals surface area contributed by atoms with E-state index >= 15 is 0 Å². The van der Waals surface area contributed by atoms with Gasteiger partial charge in [-0.15, -0.1) is 0 Å². The number of carboxylic acid groups (broad SMARTS) is 2. The van der Waals surface area contributed by atoms with Gasteiger partial charge in [0.1, 0.15) is 0 Å². The number of carbonyl (C=O) groups is 1. The van der Waals surface area contributed by atoms with E-state index in [1.165, 1.54) is 0 Å². The van der Waals surface area contributed by atoms with Crippen LogP contribution in [-0.2, 0) is 19.5 Å². The summed E-state index contributed by atoms with van der Waals surface area (Å²) in [5, 5.41) is 13.9. The zero-order valence-corrected chi connectivity index (χ0v) is 6.92. The van der Waals surface area contributed by atoms with Crippen LogP contribution < -0.4 is 6.15 Å². The molecular weight excluding hydrogens is 155 g/mol. The average molecular weight is 162 g/mol. The van der Waals surface area contributed by atoms with Crippen molar-refractivity contribution in [2.24, 2.45) is 0 Å². The molecule has 42 valence electrons. The van der Waals surface area contributed by atoms with Gasteiger partial charge in [0.2, 0.25) is 0 Å². The normalized spacial score (nSPS) is 3.43. The van der Waals surface area contributed by atoms with E-state index in [1.54, 1.807) is 0 Å². The second-order valence-corrected chi connectivity index (χ2v) is 0.283. The Morgan fingerprint density at radius 3 is 1.29 bits per heavy atom. The van der Waals surface area contributed by atoms with Gasteiger partial charge in [-0.1, -0.05) is 0 Å². The van der Waals surface area contributed by atoms with Crippen molar-refractivity contribution in [1.82, 2.24) is 6.15 Å². The van der Waals surface area contributed by atoms with Gasteiger partial charge in [0, 0.05) is 19.5 Å². The van der Waals surface area contributed by atoms with E-state index in [2.05, 4.69) is 0 Å². The molecule has 0 aromatic carbocycles. The molecule has 0 heterocycles. The van der Waals surface area contributed by atoms with E-state index < -0.39 is 6.16 Å². The van der Waals surface area contributed by atoms with Crippen LogP contribution in [0.3, 0.4) is 0 Å². The third kappa shape index (κ3) is 2430. The SMILES string of the molecule is O=C(O)O.[NH4+].[OH-].[Zn]. The van der Waals surface area contributed by atoms with Gasteiger partial charge in [-0.2, -0.15) is 0 Å². The minimum atomic E-state index is -1.83. The topological polar surface area (TPSA) is 124 Å². The number of hydrogen-bond donors (Lipinski definition) is 3. The molecule has 0 rings (SSSR count). The third-order valence-electron chi connectivity index (χ3n) is 0. The maximum Gasteiger partial charge on any atom is 0.503 e. The van der Waals surface area contributed by atoms with Crippen molar-refractivity contribution >= 4 is 6.16 Å². The van der Waals surface area contributed by atoms with Crippen LogP contribution in [0.2, 0.25) is 0 Å². The number of rotatable bonds is 0. The van der Waals surface area contributed by atoms with Crippen LogP contribution in [0.15, 0.2) is 0 Å². The fourth-order valence-corrected chi connectivity index (χ4v) is 0. The van der Waals surface area contributed by atoms with Gasteiger partial charge < -0.3 is 21.8 Å². The Labute approximate surface area is 53.0 Å². The van der Waals surface area contributed by atoms with Gasteiger partial charge in [-0.05, 0) is 0 Å². The van der Waals surface area contributed by atoms with Crippen molar-refractivity contribution in [3.63, 3.8) is 0 Å². The Kier molecular flexibility index (Phi) is 70.7. The molecule has 0 aliphatic heterocycles. The Balaban J connectivity index is -0.0000000150. The first kappa shape index (κ1) is 29.1. The number of hydrogen-bond acceptors (Lipinski definition) is 2. The first-order valence-corrected chi connectivity index (χ1v) is 0.651. The zero-order chi connectivity index (χ0) is 3.58. The molecule has 0 saturated heterocycles. The van der Waals surface area contributed by atoms with Crippen molar-refractivity contribution in [3.8, 4) is 0 Å². The molecule has 7 N–H and O–H groups in total. The van der Waals surface area contributed by atoms with E-state index in [-0.39, 0.29) is 31.1 Å². The first-order valence-electron chi connectivity index (χ1n) is 0.651. The molecule has 0 aliphatic rings. The fourth-order valence-electron chi connectivity index (χ4n) is 0. The van der Waals surface area contributed by atoms with Gasteiger partial charge >= 0.3 is 6.16 Å². The summed E-state index contributed by atoms with van der Waals surface area (Å²) in [4.78, 5) is 8.56. The summed E-state index contributed by atoms with van der Waals surface area (Å²) in [6.07, 6.45) is -1.83. The van der Waals surface area contributed by atoms with Gasteiger partial charge in [-0.3, -0.25) is 0 Å². The molecule has 0 bridgehead atoms. The van der Waals surface area contributed by atoms with E-state index in [0.717, 1.165) is 0 Å². The van der Waals surface area contributed by atoms with Crippen molar-refractivity contribution in [3.05, 3.63) is 0 Å². The second kappa shape index (κ2) is 17.0. The quantitative estimate of drug-likeness (QED) is 0.446. The van der Waals surface area contributed by atoms with Gasteiger partial charge in [0.05, 0.1) is 0 Å². The molecule has 0 radical (unpaired) electrons. The maximum absolute atomic E-state index is 8.56. The monoisotopic (exact) mass is 161 g/mol. The van der Waals surface area contributed by atoms with E-state index in [9.17, 15) is 0 Å². The van der Waals surface area contributed by atoms with Crippen molar-refractivity contribution < 1.29 is 40.0 Å². The first-order chi connectivity index (χ1) is 1.73. The molecule has 0 aromatic rings. The summed E-state index contributed by atoms with van der Waals surface area (Å²) < 4.78 is 0. The van der Waals surface area contributed by atoms with Crippen molar-refractivity contribution in [2.75, 3.05) is 0 Å². The summed E-state index contributed by atoms with van der Waals surface area (Å²) in [7, 11) is 0. The molecule has 0 saturated carbocycles. The smallest absolute Gasteiger partial charge is 0.503 e. The molecule has 0 fully saturated rings. The van der Waals surface area contributed by atoms with Crippen LogP contribution in [0.5, 0.6) is 0 Å². The molecule has 0 aliphatic carbocycles. The fraction of sp³-hybridized carbons (Fsp3) is 0. The molecule has 7 heavy (non-hydrogen) atoms. The minimum Gasteiger partial charge on any atom is -0.870 e. The largest absolute Gasteiger partial charge is 0.870 e. The molecule has 5 nitrogen and oxygen atoms in total. The molecular formula is CH7NO4Zn. The average Bonchev–Trinajstić information content (AvgIpc) is 0.811. The van der Waals surface area contributed by atoms with Crippen LogP contribution in [0, 0.1) is 0 Å². The van der Waals surface area contributed by atoms with Crippen LogP contribution in [0.25, 0.3) is 0 Å². The molecule has 0 amide bonds. The van der Waals surface area contributed by atoms with Crippen LogP contribution in [-0.4, -0.2) is 21.8 Å². The summed E-state index contributed by atoms with van der Waals surface area (Å²) >= 11 is 0. The van der Waals surface area contributed by atoms with Crippen molar-refractivity contribution in [1.29, 1.82) is 0 Å². The molecule has 0 aromatic heterocycles. The van der Waals surface area contributed by atoms with Gasteiger partial charge in [0.15, 0.2) is 0 Å². The summed E-state index contributed by atoms with van der Waals surface area (Å²) in [6.45, 7) is 0. The molecule has 0 atom stereocenters. The third-order valence-corrected chi connectivity index (χ3v) is 0. The van der Waals surface area contributed by atoms with E-state index in [1.807, 2.05) is 0 Å². The predicted molar refractivity (Wildman–Crippen MR) is 18.6 cm³/mol. The van der Waals surface area contributed by atoms with Gasteiger partial charge in [-0.25, -0.2) is 4.79 Å². The Bertz CT molecular complexity index is 34.7. The second-order valence-electron chi connectivity index (χ2n) is 0.283. The Hall–Kier alpha value is -0.187. The van der Waals surface area contributed by atoms with Gasteiger partial charge in [0.25, 0.3) is 0 Å². The Morgan fingerprint density at radius 1 is 1.29 bits per heavy atom. The van der Waals surface area contributed by atoms with E-state index in [0.29, 0.717) is 0 Å². The van der Waals surface area contributed by atoms with Crippen LogP contribution in [0.1, 0.15) is 0 Å².